The minimum Gasteiger partial charge on any atom is -0.396 e. The highest BCUT2D eigenvalue weighted by atomic mass is 19.1. The van der Waals surface area contributed by atoms with Gasteiger partial charge in [0, 0.05) is 17.6 Å². The minimum atomic E-state index is -0.392. The third kappa shape index (κ3) is 3.17. The smallest absolute Gasteiger partial charge is 0.319 e. The maximum Gasteiger partial charge on any atom is 0.319 e. The van der Waals surface area contributed by atoms with Crippen molar-refractivity contribution < 1.29 is 14.3 Å². The highest BCUT2D eigenvalue weighted by molar-refractivity contribution is 5.89. The predicted octanol–water partition coefficient (Wildman–Crippen LogP) is 1.72. The zero-order valence-corrected chi connectivity index (χ0v) is 9.37. The first kappa shape index (κ1) is 11.9. The second-order valence-corrected chi connectivity index (χ2v) is 4.48. The monoisotopic (exact) mass is 238 g/mol. The lowest BCUT2D eigenvalue weighted by atomic mass is 10.1. The number of hydrogen-bond donors (Lipinski definition) is 3. The number of carbonyl (C=O) groups is 1. The van der Waals surface area contributed by atoms with Gasteiger partial charge in [-0.15, -0.1) is 0 Å². The molecule has 1 fully saturated rings. The summed E-state index contributed by atoms with van der Waals surface area (Å²) in [5.74, 6) is -0.392. The largest absolute Gasteiger partial charge is 0.396 e. The molecule has 4 nitrogen and oxygen atoms in total. The van der Waals surface area contributed by atoms with Gasteiger partial charge in [-0.1, -0.05) is 6.07 Å². The number of benzene rings is 1. The highest BCUT2D eigenvalue weighted by Gasteiger charge is 2.42. The minimum absolute atomic E-state index is 0.0905. The van der Waals surface area contributed by atoms with Crippen molar-refractivity contribution in [3.63, 3.8) is 0 Å². The number of carbonyl (C=O) groups excluding carboxylic acids is 1. The molecule has 0 heterocycles. The third-order valence-electron chi connectivity index (χ3n) is 3.00. The van der Waals surface area contributed by atoms with Crippen molar-refractivity contribution >= 4 is 11.7 Å². The van der Waals surface area contributed by atoms with E-state index in [1.54, 1.807) is 6.07 Å². The summed E-state index contributed by atoms with van der Waals surface area (Å²) in [5, 5.41) is 14.3. The predicted molar refractivity (Wildman–Crippen MR) is 62.2 cm³/mol. The maximum absolute atomic E-state index is 12.9. The number of hydrogen-bond acceptors (Lipinski definition) is 2. The van der Waals surface area contributed by atoms with Crippen LogP contribution in [-0.2, 0) is 0 Å². The van der Waals surface area contributed by atoms with Crippen LogP contribution in [0.25, 0.3) is 0 Å². The number of anilines is 1. The average molecular weight is 238 g/mol. The van der Waals surface area contributed by atoms with E-state index in [1.807, 2.05) is 0 Å². The van der Waals surface area contributed by atoms with Crippen LogP contribution in [0.1, 0.15) is 12.8 Å². The van der Waals surface area contributed by atoms with Gasteiger partial charge in [-0.2, -0.15) is 0 Å². The van der Waals surface area contributed by atoms with Crippen molar-refractivity contribution in [1.82, 2.24) is 5.32 Å². The quantitative estimate of drug-likeness (QED) is 0.748. The first-order chi connectivity index (χ1) is 8.13. The Balaban J connectivity index is 1.81. The molecule has 2 amide bonds. The molecule has 1 aliphatic rings. The molecular formula is C12H15FN2O2. The molecule has 5 heteroatoms. The molecule has 92 valence electrons. The summed E-state index contributed by atoms with van der Waals surface area (Å²) in [6.45, 7) is 0.540. The fraction of sp³-hybridized carbons (Fsp3) is 0.417. The van der Waals surface area contributed by atoms with Crippen LogP contribution in [0.4, 0.5) is 14.9 Å². The Kier molecular flexibility index (Phi) is 3.28. The van der Waals surface area contributed by atoms with Crippen molar-refractivity contribution in [2.75, 3.05) is 18.5 Å². The molecule has 2 rings (SSSR count). The standard InChI is InChI=1S/C12H15FN2O2/c13-9-2-1-3-10(6-9)15-11(17)14-7-12(8-16)4-5-12/h1-3,6,16H,4-5,7-8H2,(H2,14,15,17). The normalized spacial score (nSPS) is 16.4. The summed E-state index contributed by atoms with van der Waals surface area (Å²) in [6.07, 6.45) is 1.87. The van der Waals surface area contributed by atoms with Crippen LogP contribution in [0.2, 0.25) is 0 Å². The zero-order valence-electron chi connectivity index (χ0n) is 9.37. The highest BCUT2D eigenvalue weighted by Crippen LogP contribution is 2.44. The van der Waals surface area contributed by atoms with Gasteiger partial charge in [-0.3, -0.25) is 0 Å². The first-order valence-electron chi connectivity index (χ1n) is 5.55. The van der Waals surface area contributed by atoms with E-state index in [9.17, 15) is 9.18 Å². The topological polar surface area (TPSA) is 61.4 Å². The van der Waals surface area contributed by atoms with Crippen molar-refractivity contribution in [3.05, 3.63) is 30.1 Å². The lowest BCUT2D eigenvalue weighted by molar-refractivity contribution is 0.206. The van der Waals surface area contributed by atoms with E-state index in [1.165, 1.54) is 18.2 Å². The molecular weight excluding hydrogens is 223 g/mol. The van der Waals surface area contributed by atoms with Gasteiger partial charge in [0.2, 0.25) is 0 Å². The maximum atomic E-state index is 12.9. The van der Waals surface area contributed by atoms with Crippen molar-refractivity contribution in [2.24, 2.45) is 5.41 Å². The second kappa shape index (κ2) is 4.71. The molecule has 17 heavy (non-hydrogen) atoms. The van der Waals surface area contributed by atoms with Crippen LogP contribution in [0.3, 0.4) is 0 Å². The van der Waals surface area contributed by atoms with Crippen LogP contribution in [-0.4, -0.2) is 24.3 Å². The van der Waals surface area contributed by atoms with Gasteiger partial charge in [0.05, 0.1) is 6.61 Å². The van der Waals surface area contributed by atoms with Gasteiger partial charge in [0.15, 0.2) is 0 Å². The Bertz CT molecular complexity index is 419. The summed E-state index contributed by atoms with van der Waals surface area (Å²) in [5.41, 5.74) is 0.288. The van der Waals surface area contributed by atoms with Crippen molar-refractivity contribution in [1.29, 1.82) is 0 Å². The van der Waals surface area contributed by atoms with Crippen molar-refractivity contribution in [2.45, 2.75) is 12.8 Å². The molecule has 1 aliphatic carbocycles. The molecule has 0 unspecified atom stereocenters. The second-order valence-electron chi connectivity index (χ2n) is 4.48. The summed E-state index contributed by atoms with van der Waals surface area (Å²) in [7, 11) is 0. The summed E-state index contributed by atoms with van der Waals surface area (Å²) < 4.78 is 12.9. The summed E-state index contributed by atoms with van der Waals surface area (Å²) in [4.78, 5) is 11.5. The molecule has 0 bridgehead atoms. The zero-order chi connectivity index (χ0) is 12.3. The Hall–Kier alpha value is -1.62. The number of aliphatic hydroxyl groups is 1. The lowest BCUT2D eigenvalue weighted by Crippen LogP contribution is -2.35. The van der Waals surface area contributed by atoms with Crippen LogP contribution in [0, 0.1) is 11.2 Å². The lowest BCUT2D eigenvalue weighted by Gasteiger charge is -2.13. The molecule has 0 atom stereocenters. The van der Waals surface area contributed by atoms with Gasteiger partial charge in [-0.05, 0) is 31.0 Å². The van der Waals surface area contributed by atoms with E-state index in [0.717, 1.165) is 12.8 Å². The van der Waals surface area contributed by atoms with E-state index in [4.69, 9.17) is 5.11 Å². The Labute approximate surface area is 98.8 Å². The fourth-order valence-corrected chi connectivity index (χ4v) is 1.58. The van der Waals surface area contributed by atoms with E-state index >= 15 is 0 Å². The van der Waals surface area contributed by atoms with Crippen LogP contribution in [0.5, 0.6) is 0 Å². The van der Waals surface area contributed by atoms with Crippen LogP contribution in [0.15, 0.2) is 24.3 Å². The first-order valence-corrected chi connectivity index (χ1v) is 5.55. The fourth-order valence-electron chi connectivity index (χ4n) is 1.58. The SMILES string of the molecule is O=C(NCC1(CO)CC1)Nc1cccc(F)c1. The average Bonchev–Trinajstić information content (AvgIpc) is 3.07. The van der Waals surface area contributed by atoms with E-state index in [0.29, 0.717) is 12.2 Å². The number of urea groups is 1. The van der Waals surface area contributed by atoms with Gasteiger partial charge >= 0.3 is 6.03 Å². The van der Waals surface area contributed by atoms with Crippen molar-refractivity contribution in [3.8, 4) is 0 Å². The molecule has 0 aliphatic heterocycles. The van der Waals surface area contributed by atoms with E-state index in [-0.39, 0.29) is 18.1 Å². The molecule has 1 aromatic carbocycles. The molecule has 0 aromatic heterocycles. The number of nitrogens with one attached hydrogen (secondary N) is 2. The van der Waals surface area contributed by atoms with E-state index in [2.05, 4.69) is 10.6 Å². The molecule has 0 spiro atoms. The van der Waals surface area contributed by atoms with Crippen LogP contribution >= 0.6 is 0 Å². The Morgan fingerprint density at radius 1 is 1.47 bits per heavy atom. The summed E-state index contributed by atoms with van der Waals surface area (Å²) in [6, 6.07) is 5.32. The molecule has 1 aromatic rings. The Morgan fingerprint density at radius 2 is 2.24 bits per heavy atom. The summed E-state index contributed by atoms with van der Waals surface area (Å²) >= 11 is 0. The van der Waals surface area contributed by atoms with Gasteiger partial charge in [0.1, 0.15) is 5.82 Å². The molecule has 3 N–H and O–H groups in total. The number of aliphatic hydroxyl groups excluding tert-OH is 1. The number of amides is 2. The van der Waals surface area contributed by atoms with E-state index < -0.39 is 5.82 Å². The van der Waals surface area contributed by atoms with Gasteiger partial charge < -0.3 is 15.7 Å². The number of halogens is 1. The Morgan fingerprint density at radius 3 is 2.82 bits per heavy atom. The molecule has 0 radical (unpaired) electrons. The molecule has 0 saturated heterocycles. The molecule has 1 saturated carbocycles. The van der Waals surface area contributed by atoms with Crippen LogP contribution < -0.4 is 10.6 Å². The van der Waals surface area contributed by atoms with Gasteiger partial charge in [0.25, 0.3) is 0 Å². The van der Waals surface area contributed by atoms with Gasteiger partial charge in [-0.25, -0.2) is 9.18 Å². The number of rotatable bonds is 4. The third-order valence-corrected chi connectivity index (χ3v) is 3.00.